The highest BCUT2D eigenvalue weighted by Crippen LogP contribution is 2.38. The lowest BCUT2D eigenvalue weighted by molar-refractivity contribution is -0.160. The first-order valence-electron chi connectivity index (χ1n) is 10.5. The first-order chi connectivity index (χ1) is 15.9. The molecule has 11 nitrogen and oxygen atoms in total. The van der Waals surface area contributed by atoms with Gasteiger partial charge in [0, 0.05) is 12.3 Å². The Balaban J connectivity index is 1.80. The van der Waals surface area contributed by atoms with Gasteiger partial charge in [0.05, 0.1) is 6.10 Å². The van der Waals surface area contributed by atoms with E-state index < -0.39 is 55.0 Å². The number of esters is 1. The molecule has 186 valence electrons. The third-order valence-corrected chi connectivity index (χ3v) is 5.23. The lowest BCUT2D eigenvalue weighted by Gasteiger charge is -2.37. The Morgan fingerprint density at radius 1 is 1.38 bits per heavy atom. The van der Waals surface area contributed by atoms with E-state index in [1.807, 2.05) is 0 Å². The molecule has 2 heterocycles. The molecule has 1 saturated heterocycles. The number of alkyl halides is 1. The number of aliphatic hydroxyl groups is 2. The maximum absolute atomic E-state index is 15.4. The Kier molecular flexibility index (Phi) is 7.46. The van der Waals surface area contributed by atoms with Crippen LogP contribution in [0.5, 0.6) is 5.75 Å². The quantitative estimate of drug-likeness (QED) is 0.237. The van der Waals surface area contributed by atoms with Gasteiger partial charge >= 0.3 is 5.97 Å². The zero-order valence-electron chi connectivity index (χ0n) is 18.9. The van der Waals surface area contributed by atoms with Crippen molar-refractivity contribution in [3.63, 3.8) is 0 Å². The number of anilines is 1. The summed E-state index contributed by atoms with van der Waals surface area (Å²) in [6.07, 6.45) is -4.25. The summed E-state index contributed by atoms with van der Waals surface area (Å²) in [5, 5.41) is 34.0. The minimum atomic E-state index is -2.38. The van der Waals surface area contributed by atoms with Crippen molar-refractivity contribution < 1.29 is 43.6 Å². The van der Waals surface area contributed by atoms with E-state index in [2.05, 4.69) is 11.9 Å². The predicted octanol–water partition coefficient (Wildman–Crippen LogP) is 0.631. The third kappa shape index (κ3) is 5.14. The molecular weight excluding hydrogens is 453 g/mol. The number of rotatable bonds is 8. The lowest BCUT2D eigenvalue weighted by atomic mass is 9.98. The summed E-state index contributed by atoms with van der Waals surface area (Å²) in [7, 11) is 0. The van der Waals surface area contributed by atoms with Gasteiger partial charge in [-0.15, -0.1) is 0 Å². The van der Waals surface area contributed by atoms with Gasteiger partial charge in [-0.25, -0.2) is 14.2 Å². The van der Waals surface area contributed by atoms with Gasteiger partial charge in [0.15, 0.2) is 11.9 Å². The standard InChI is InChI=1S/C22H28FN3O8/c1-12(2)33-19(30)13(3)26(14-7-5-6-8-15(14)27)32-11-16-18(29)22(4,23)20(34-16)25-10-9-17(28)24-21(25)31/h5-10,12,16,18,20-21,27,29,31H,3,11H2,1-2,4H3,(H,24,28)/t16-,18-,20-,21?,22-/m1/s1. The van der Waals surface area contributed by atoms with Crippen LogP contribution in [0.2, 0.25) is 0 Å². The Bertz CT molecular complexity index is 969. The van der Waals surface area contributed by atoms with E-state index in [-0.39, 0.29) is 17.1 Å². The smallest absolute Gasteiger partial charge is 0.357 e. The van der Waals surface area contributed by atoms with Crippen LogP contribution in [0.3, 0.4) is 0 Å². The lowest BCUT2D eigenvalue weighted by Crippen LogP contribution is -2.58. The van der Waals surface area contributed by atoms with Crippen LogP contribution in [0.15, 0.2) is 48.8 Å². The topological polar surface area (TPSA) is 141 Å². The van der Waals surface area contributed by atoms with Crippen molar-refractivity contribution in [2.75, 3.05) is 11.7 Å². The van der Waals surface area contributed by atoms with Crippen molar-refractivity contribution in [2.45, 2.75) is 57.3 Å². The van der Waals surface area contributed by atoms with Crippen LogP contribution in [-0.2, 0) is 23.9 Å². The maximum Gasteiger partial charge on any atom is 0.357 e. The number of para-hydroxylation sites is 2. The van der Waals surface area contributed by atoms with Crippen molar-refractivity contribution in [1.29, 1.82) is 0 Å². The Hall–Kier alpha value is -3.19. The molecule has 0 bridgehead atoms. The Labute approximate surface area is 195 Å². The first-order valence-corrected chi connectivity index (χ1v) is 10.5. The number of carbonyl (C=O) groups excluding carboxylic acids is 2. The van der Waals surface area contributed by atoms with E-state index in [0.29, 0.717) is 0 Å². The molecule has 2 aliphatic rings. The largest absolute Gasteiger partial charge is 0.506 e. The van der Waals surface area contributed by atoms with Crippen LogP contribution >= 0.6 is 0 Å². The number of amides is 1. The van der Waals surface area contributed by atoms with Crippen molar-refractivity contribution in [2.24, 2.45) is 0 Å². The number of hydroxylamine groups is 1. The average Bonchev–Trinajstić information content (AvgIpc) is 2.98. The summed E-state index contributed by atoms with van der Waals surface area (Å²) < 4.78 is 26.2. The molecule has 5 atom stereocenters. The average molecular weight is 481 g/mol. The molecule has 1 aromatic carbocycles. The summed E-state index contributed by atoms with van der Waals surface area (Å²) in [5.74, 6) is -1.64. The minimum absolute atomic E-state index is 0.0531. The number of nitrogens with zero attached hydrogens (tertiary/aromatic N) is 2. The molecule has 0 aromatic heterocycles. The molecule has 2 aliphatic heterocycles. The highest BCUT2D eigenvalue weighted by atomic mass is 19.1. The molecule has 0 aliphatic carbocycles. The van der Waals surface area contributed by atoms with Gasteiger partial charge in [0.25, 0.3) is 0 Å². The molecule has 1 aromatic rings. The number of aromatic hydroxyl groups is 1. The second-order valence-electron chi connectivity index (χ2n) is 8.25. The fourth-order valence-corrected chi connectivity index (χ4v) is 3.51. The third-order valence-electron chi connectivity index (χ3n) is 5.23. The van der Waals surface area contributed by atoms with Crippen LogP contribution in [-0.4, -0.2) is 75.3 Å². The molecule has 12 heteroatoms. The summed E-state index contributed by atoms with van der Waals surface area (Å²) in [4.78, 5) is 30.5. The highest BCUT2D eigenvalue weighted by molar-refractivity contribution is 5.92. The zero-order chi connectivity index (χ0) is 25.2. The monoisotopic (exact) mass is 481 g/mol. The minimum Gasteiger partial charge on any atom is -0.506 e. The van der Waals surface area contributed by atoms with Gasteiger partial charge in [-0.2, -0.15) is 0 Å². The molecule has 0 saturated carbocycles. The fraction of sp³-hybridized carbons (Fsp3) is 0.455. The van der Waals surface area contributed by atoms with Gasteiger partial charge in [0.2, 0.25) is 12.3 Å². The van der Waals surface area contributed by atoms with Gasteiger partial charge < -0.3 is 35.0 Å². The molecule has 34 heavy (non-hydrogen) atoms. The number of benzene rings is 1. The predicted molar refractivity (Wildman–Crippen MR) is 116 cm³/mol. The van der Waals surface area contributed by atoms with Crippen molar-refractivity contribution in [3.8, 4) is 5.75 Å². The maximum atomic E-state index is 15.4. The second kappa shape index (κ2) is 9.97. The summed E-state index contributed by atoms with van der Waals surface area (Å²) in [5.41, 5.74) is -2.61. The number of halogens is 1. The van der Waals surface area contributed by atoms with Crippen molar-refractivity contribution in [1.82, 2.24) is 10.2 Å². The Morgan fingerprint density at radius 3 is 2.68 bits per heavy atom. The van der Waals surface area contributed by atoms with Gasteiger partial charge in [0.1, 0.15) is 35.9 Å². The van der Waals surface area contributed by atoms with Crippen molar-refractivity contribution >= 4 is 17.6 Å². The number of hydrogen-bond acceptors (Lipinski definition) is 10. The van der Waals surface area contributed by atoms with E-state index in [0.717, 1.165) is 29.2 Å². The Morgan fingerprint density at radius 2 is 2.06 bits per heavy atom. The van der Waals surface area contributed by atoms with E-state index in [1.165, 1.54) is 12.1 Å². The number of ether oxygens (including phenoxy) is 2. The summed E-state index contributed by atoms with van der Waals surface area (Å²) in [6.45, 7) is 7.57. The molecule has 0 radical (unpaired) electrons. The second-order valence-corrected chi connectivity index (χ2v) is 8.25. The van der Waals surface area contributed by atoms with Crippen LogP contribution in [0.25, 0.3) is 0 Å². The SMILES string of the molecule is C=C(C(=O)OC(C)C)N(OC[C@H]1O[C@@H](N2C=CC(=O)NC2O)[C@](C)(F)[C@@H]1O)c1ccccc1O. The molecule has 1 amide bonds. The zero-order valence-corrected chi connectivity index (χ0v) is 18.9. The normalized spacial score (nSPS) is 28.7. The summed E-state index contributed by atoms with van der Waals surface area (Å²) in [6, 6.07) is 5.96. The van der Waals surface area contributed by atoms with Crippen LogP contribution in [0.1, 0.15) is 20.8 Å². The number of phenols is 1. The molecule has 0 spiro atoms. The summed E-state index contributed by atoms with van der Waals surface area (Å²) >= 11 is 0. The van der Waals surface area contributed by atoms with E-state index >= 15 is 4.39 Å². The number of phenolic OH excluding ortho intramolecular Hbond substituents is 1. The highest BCUT2D eigenvalue weighted by Gasteiger charge is 2.57. The number of hydrogen-bond donors (Lipinski definition) is 4. The number of aliphatic hydroxyl groups excluding tert-OH is 2. The number of carbonyl (C=O) groups is 2. The molecular formula is C22H28FN3O8. The van der Waals surface area contributed by atoms with E-state index in [4.69, 9.17) is 14.3 Å². The van der Waals surface area contributed by atoms with Crippen LogP contribution < -0.4 is 10.4 Å². The van der Waals surface area contributed by atoms with Gasteiger partial charge in [-0.3, -0.25) is 9.63 Å². The van der Waals surface area contributed by atoms with E-state index in [1.54, 1.807) is 26.0 Å². The fourth-order valence-electron chi connectivity index (χ4n) is 3.51. The first kappa shape index (κ1) is 25.4. The molecule has 1 unspecified atom stereocenters. The van der Waals surface area contributed by atoms with Crippen LogP contribution in [0, 0.1) is 0 Å². The van der Waals surface area contributed by atoms with Gasteiger partial charge in [-0.05, 0) is 32.9 Å². The molecule has 4 N–H and O–H groups in total. The molecule has 1 fully saturated rings. The van der Waals surface area contributed by atoms with Gasteiger partial charge in [-0.1, -0.05) is 18.7 Å². The van der Waals surface area contributed by atoms with E-state index in [9.17, 15) is 24.9 Å². The number of nitrogens with one attached hydrogen (secondary N) is 1. The molecule has 3 rings (SSSR count). The van der Waals surface area contributed by atoms with Crippen LogP contribution in [0.4, 0.5) is 10.1 Å². The van der Waals surface area contributed by atoms with Crippen molar-refractivity contribution in [3.05, 3.63) is 48.8 Å².